The summed E-state index contributed by atoms with van der Waals surface area (Å²) in [4.78, 5) is 9.89. The number of thiophene rings is 1. The van der Waals surface area contributed by atoms with Gasteiger partial charge in [-0.3, -0.25) is 10.1 Å². The van der Waals surface area contributed by atoms with Crippen molar-refractivity contribution < 1.29 is 13.3 Å². The highest BCUT2D eigenvalue weighted by Crippen LogP contribution is 2.36. The fourth-order valence-corrected chi connectivity index (χ4v) is 4.18. The Balaban J connectivity index is 3.04. The highest BCUT2D eigenvalue weighted by atomic mass is 35.5. The van der Waals surface area contributed by atoms with E-state index < -0.39 is 26.7 Å². The lowest BCUT2D eigenvalue weighted by Gasteiger charge is -2.10. The summed E-state index contributed by atoms with van der Waals surface area (Å²) in [5.74, 6) is 2.32. The molecule has 104 valence electrons. The summed E-state index contributed by atoms with van der Waals surface area (Å²) in [6, 6.07) is 0.282. The standard InChI is InChI=1S/C10H11ClN2O4S2/c1-3-5-7(4-2)12-19(16,17)9-6-8(13(14)15)10(11)18-9/h2,6-7,12H,3,5H2,1H3. The van der Waals surface area contributed by atoms with Crippen LogP contribution in [0.1, 0.15) is 19.8 Å². The minimum Gasteiger partial charge on any atom is -0.258 e. The molecule has 1 N–H and O–H groups in total. The molecule has 0 spiro atoms. The van der Waals surface area contributed by atoms with Crippen molar-refractivity contribution in [2.24, 2.45) is 0 Å². The maximum atomic E-state index is 12.0. The third-order valence-corrected chi connectivity index (χ3v) is 5.47. The Morgan fingerprint density at radius 1 is 1.68 bits per heavy atom. The first kappa shape index (κ1) is 15.9. The summed E-state index contributed by atoms with van der Waals surface area (Å²) < 4.78 is 25.9. The highest BCUT2D eigenvalue weighted by Gasteiger charge is 2.26. The fourth-order valence-electron chi connectivity index (χ4n) is 1.31. The normalized spacial score (nSPS) is 12.9. The lowest BCUT2D eigenvalue weighted by atomic mass is 10.2. The summed E-state index contributed by atoms with van der Waals surface area (Å²) in [6.07, 6.45) is 6.41. The number of halogens is 1. The molecule has 19 heavy (non-hydrogen) atoms. The average Bonchev–Trinajstić information content (AvgIpc) is 2.71. The number of nitrogens with zero attached hydrogens (tertiary/aromatic N) is 1. The molecule has 0 radical (unpaired) electrons. The first-order valence-electron chi connectivity index (χ1n) is 5.24. The zero-order valence-electron chi connectivity index (χ0n) is 9.92. The molecule has 1 rings (SSSR count). The van der Waals surface area contributed by atoms with E-state index in [0.717, 1.165) is 6.07 Å². The fraction of sp³-hybridized carbons (Fsp3) is 0.400. The maximum Gasteiger partial charge on any atom is 0.300 e. The van der Waals surface area contributed by atoms with Crippen LogP contribution in [0.25, 0.3) is 0 Å². The first-order chi connectivity index (χ1) is 8.81. The summed E-state index contributed by atoms with van der Waals surface area (Å²) in [5, 5.41) is 10.6. The van der Waals surface area contributed by atoms with Crippen molar-refractivity contribution in [3.8, 4) is 12.3 Å². The number of hydrogen-bond donors (Lipinski definition) is 1. The number of sulfonamides is 1. The summed E-state index contributed by atoms with van der Waals surface area (Å²) in [6.45, 7) is 1.87. The topological polar surface area (TPSA) is 89.3 Å². The molecule has 0 aliphatic carbocycles. The number of hydrogen-bond acceptors (Lipinski definition) is 5. The molecule has 1 atom stereocenters. The van der Waals surface area contributed by atoms with E-state index in [0.29, 0.717) is 24.2 Å². The van der Waals surface area contributed by atoms with Crippen LogP contribution in [-0.4, -0.2) is 19.4 Å². The van der Waals surface area contributed by atoms with Gasteiger partial charge in [0, 0.05) is 6.07 Å². The summed E-state index contributed by atoms with van der Waals surface area (Å²) in [5.41, 5.74) is -0.431. The maximum absolute atomic E-state index is 12.0. The van der Waals surface area contributed by atoms with Gasteiger partial charge < -0.3 is 0 Å². The molecule has 0 amide bonds. The molecule has 0 saturated heterocycles. The molecular weight excluding hydrogens is 312 g/mol. The molecule has 1 heterocycles. The van der Waals surface area contributed by atoms with E-state index in [4.69, 9.17) is 18.0 Å². The van der Waals surface area contributed by atoms with E-state index in [2.05, 4.69) is 10.6 Å². The predicted octanol–water partition coefficient (Wildman–Crippen LogP) is 2.39. The van der Waals surface area contributed by atoms with Gasteiger partial charge in [0.2, 0.25) is 0 Å². The van der Waals surface area contributed by atoms with Crippen LogP contribution in [0.4, 0.5) is 5.69 Å². The van der Waals surface area contributed by atoms with Crippen molar-refractivity contribution >= 4 is 38.6 Å². The highest BCUT2D eigenvalue weighted by molar-refractivity contribution is 7.91. The molecule has 0 aliphatic heterocycles. The third-order valence-electron chi connectivity index (χ3n) is 2.18. The second kappa shape index (κ2) is 6.34. The SMILES string of the molecule is C#CC(CCC)NS(=O)(=O)c1cc([N+](=O)[O-])c(Cl)s1. The Kier molecular flexibility index (Phi) is 5.31. The zero-order chi connectivity index (χ0) is 14.6. The number of nitrogens with one attached hydrogen (secondary N) is 1. The van der Waals surface area contributed by atoms with Gasteiger partial charge in [-0.15, -0.1) is 17.8 Å². The number of terminal acetylenes is 1. The first-order valence-corrected chi connectivity index (χ1v) is 7.91. The minimum atomic E-state index is -3.89. The van der Waals surface area contributed by atoms with Crippen LogP contribution >= 0.6 is 22.9 Å². The van der Waals surface area contributed by atoms with Gasteiger partial charge in [-0.05, 0) is 6.42 Å². The monoisotopic (exact) mass is 322 g/mol. The molecule has 0 fully saturated rings. The quantitative estimate of drug-likeness (QED) is 0.494. The Bertz CT molecular complexity index is 618. The molecule has 1 aromatic rings. The van der Waals surface area contributed by atoms with E-state index in [-0.39, 0.29) is 8.55 Å². The molecule has 0 aromatic carbocycles. The molecule has 9 heteroatoms. The van der Waals surface area contributed by atoms with Crippen LogP contribution in [0.2, 0.25) is 4.34 Å². The molecule has 1 unspecified atom stereocenters. The number of rotatable bonds is 6. The molecule has 0 saturated carbocycles. The van der Waals surface area contributed by atoms with Crippen LogP contribution < -0.4 is 4.72 Å². The lowest BCUT2D eigenvalue weighted by molar-refractivity contribution is -0.384. The molecule has 0 bridgehead atoms. The van der Waals surface area contributed by atoms with E-state index in [1.165, 1.54) is 0 Å². The minimum absolute atomic E-state index is 0.182. The van der Waals surface area contributed by atoms with Gasteiger partial charge in [-0.2, -0.15) is 4.72 Å². The van der Waals surface area contributed by atoms with Crippen LogP contribution in [0.3, 0.4) is 0 Å². The van der Waals surface area contributed by atoms with Gasteiger partial charge in [0.05, 0.1) is 11.0 Å². The van der Waals surface area contributed by atoms with Crippen LogP contribution in [0.5, 0.6) is 0 Å². The second-order valence-electron chi connectivity index (χ2n) is 3.61. The van der Waals surface area contributed by atoms with Crippen molar-refractivity contribution in [1.29, 1.82) is 0 Å². The van der Waals surface area contributed by atoms with Gasteiger partial charge >= 0.3 is 0 Å². The predicted molar refractivity (Wildman–Crippen MR) is 73.8 cm³/mol. The van der Waals surface area contributed by atoms with Gasteiger partial charge in [-0.25, -0.2) is 8.42 Å². The zero-order valence-corrected chi connectivity index (χ0v) is 12.3. The van der Waals surface area contributed by atoms with Gasteiger partial charge in [-0.1, -0.05) is 30.9 Å². The van der Waals surface area contributed by atoms with Gasteiger partial charge in [0.15, 0.2) is 4.34 Å². The Hall–Kier alpha value is -1.14. The van der Waals surface area contributed by atoms with Crippen LogP contribution in [-0.2, 0) is 10.0 Å². The smallest absolute Gasteiger partial charge is 0.258 e. The van der Waals surface area contributed by atoms with Crippen molar-refractivity contribution in [3.05, 3.63) is 20.5 Å². The van der Waals surface area contributed by atoms with Crippen molar-refractivity contribution in [3.63, 3.8) is 0 Å². The second-order valence-corrected chi connectivity index (χ2v) is 7.21. The lowest BCUT2D eigenvalue weighted by Crippen LogP contribution is -2.33. The Morgan fingerprint density at radius 2 is 2.32 bits per heavy atom. The van der Waals surface area contributed by atoms with Crippen molar-refractivity contribution in [2.75, 3.05) is 0 Å². The Morgan fingerprint density at radius 3 is 2.74 bits per heavy atom. The van der Waals surface area contributed by atoms with E-state index >= 15 is 0 Å². The van der Waals surface area contributed by atoms with E-state index in [1.54, 1.807) is 0 Å². The largest absolute Gasteiger partial charge is 0.300 e. The average molecular weight is 323 g/mol. The van der Waals surface area contributed by atoms with E-state index in [1.807, 2.05) is 6.92 Å². The van der Waals surface area contributed by atoms with Crippen molar-refractivity contribution in [1.82, 2.24) is 4.72 Å². The summed E-state index contributed by atoms with van der Waals surface area (Å²) in [7, 11) is -3.89. The molecule has 0 aliphatic rings. The van der Waals surface area contributed by atoms with Crippen molar-refractivity contribution in [2.45, 2.75) is 30.0 Å². The number of nitro groups is 1. The molecule has 1 aromatic heterocycles. The Labute approximate surface area is 120 Å². The van der Waals surface area contributed by atoms with Gasteiger partial charge in [0.25, 0.3) is 15.7 Å². The van der Waals surface area contributed by atoms with Crippen LogP contribution in [0.15, 0.2) is 10.3 Å². The summed E-state index contributed by atoms with van der Waals surface area (Å²) >= 11 is 6.25. The van der Waals surface area contributed by atoms with E-state index in [9.17, 15) is 18.5 Å². The van der Waals surface area contributed by atoms with Crippen LogP contribution in [0, 0.1) is 22.5 Å². The van der Waals surface area contributed by atoms with Gasteiger partial charge in [0.1, 0.15) is 4.21 Å². The molecular formula is C10H11ClN2O4S2. The third kappa shape index (κ3) is 3.91. The molecule has 6 nitrogen and oxygen atoms in total.